The average Bonchev–Trinajstić information content (AvgIpc) is 2.42. The first-order chi connectivity index (χ1) is 11.4. The van der Waals surface area contributed by atoms with E-state index in [4.69, 9.17) is 9.47 Å². The zero-order valence-electron chi connectivity index (χ0n) is 16.2. The minimum atomic E-state index is -0.584. The Morgan fingerprint density at radius 3 is 2.24 bits per heavy atom. The molecule has 0 aliphatic heterocycles. The van der Waals surface area contributed by atoms with Crippen LogP contribution in [0.5, 0.6) is 0 Å². The summed E-state index contributed by atoms with van der Waals surface area (Å²) in [5.41, 5.74) is 0.345. The van der Waals surface area contributed by atoms with Gasteiger partial charge in [-0.3, -0.25) is 4.79 Å². The smallest absolute Gasteiger partial charge is 0.408 e. The SMILES string of the molecule is CC(C)(C)OC(=O)NC(CC(=O)OCc1ccccc1)C[N+](C)(C)C. The van der Waals surface area contributed by atoms with E-state index in [1.54, 1.807) is 20.8 Å². The molecule has 0 bridgehead atoms. The number of quaternary nitrogens is 1. The summed E-state index contributed by atoms with van der Waals surface area (Å²) in [6.07, 6.45) is -0.427. The fraction of sp³-hybridized carbons (Fsp3) is 0.579. The van der Waals surface area contributed by atoms with Crippen LogP contribution in [-0.4, -0.2) is 55.9 Å². The van der Waals surface area contributed by atoms with Crippen molar-refractivity contribution in [2.24, 2.45) is 0 Å². The molecule has 140 valence electrons. The van der Waals surface area contributed by atoms with Gasteiger partial charge in [-0.05, 0) is 26.3 Å². The van der Waals surface area contributed by atoms with Gasteiger partial charge in [0.25, 0.3) is 0 Å². The number of rotatable bonds is 7. The van der Waals surface area contributed by atoms with E-state index in [-0.39, 0.29) is 25.0 Å². The molecule has 1 amide bonds. The molecule has 0 spiro atoms. The standard InChI is InChI=1S/C19H30N2O4/c1-19(2,3)25-18(23)20-16(13-21(4,5)6)12-17(22)24-14-15-10-8-7-9-11-15/h7-11,16H,12-14H2,1-6H3/p+1. The molecule has 6 heteroatoms. The molecule has 1 unspecified atom stereocenters. The fourth-order valence-electron chi connectivity index (χ4n) is 2.29. The van der Waals surface area contributed by atoms with Gasteiger partial charge in [-0.15, -0.1) is 0 Å². The number of esters is 1. The summed E-state index contributed by atoms with van der Waals surface area (Å²) in [4.78, 5) is 24.2. The van der Waals surface area contributed by atoms with E-state index in [1.807, 2.05) is 51.5 Å². The zero-order chi connectivity index (χ0) is 19.1. The summed E-state index contributed by atoms with van der Waals surface area (Å²) < 4.78 is 11.2. The predicted molar refractivity (Wildman–Crippen MR) is 96.9 cm³/mol. The molecule has 0 saturated carbocycles. The molecule has 25 heavy (non-hydrogen) atoms. The van der Waals surface area contributed by atoms with E-state index in [9.17, 15) is 9.59 Å². The highest BCUT2D eigenvalue weighted by Crippen LogP contribution is 2.09. The Balaban J connectivity index is 2.60. The number of carbonyl (C=O) groups excluding carboxylic acids is 2. The summed E-state index contributed by atoms with van der Waals surface area (Å²) in [7, 11) is 6.00. The van der Waals surface area contributed by atoms with Crippen molar-refractivity contribution in [1.29, 1.82) is 0 Å². The van der Waals surface area contributed by atoms with Crippen LogP contribution in [0.4, 0.5) is 4.79 Å². The predicted octanol–water partition coefficient (Wildman–Crippen LogP) is 2.72. The molecule has 0 heterocycles. The van der Waals surface area contributed by atoms with E-state index in [0.717, 1.165) is 5.56 Å². The third-order valence-electron chi connectivity index (χ3n) is 3.14. The van der Waals surface area contributed by atoms with Crippen LogP contribution in [0.25, 0.3) is 0 Å². The highest BCUT2D eigenvalue weighted by Gasteiger charge is 2.26. The van der Waals surface area contributed by atoms with Crippen LogP contribution in [0.15, 0.2) is 30.3 Å². The molecule has 0 fully saturated rings. The van der Waals surface area contributed by atoms with Crippen LogP contribution in [0.3, 0.4) is 0 Å². The second kappa shape index (κ2) is 8.85. The van der Waals surface area contributed by atoms with Crippen LogP contribution in [0, 0.1) is 0 Å². The van der Waals surface area contributed by atoms with Crippen molar-refractivity contribution in [2.45, 2.75) is 45.4 Å². The number of likely N-dealkylation sites (N-methyl/N-ethyl adjacent to an activating group) is 1. The number of amides is 1. The summed E-state index contributed by atoms with van der Waals surface area (Å²) in [5, 5.41) is 2.78. The van der Waals surface area contributed by atoms with Crippen LogP contribution in [0.1, 0.15) is 32.8 Å². The Labute approximate surface area is 150 Å². The van der Waals surface area contributed by atoms with E-state index < -0.39 is 11.7 Å². The molecule has 1 aromatic carbocycles. The van der Waals surface area contributed by atoms with Gasteiger partial charge in [0.05, 0.1) is 40.2 Å². The third kappa shape index (κ3) is 10.4. The van der Waals surface area contributed by atoms with Gasteiger partial charge in [0.1, 0.15) is 12.2 Å². The third-order valence-corrected chi connectivity index (χ3v) is 3.14. The number of carbonyl (C=O) groups is 2. The summed E-state index contributed by atoms with van der Waals surface area (Å²) in [5.74, 6) is -0.349. The number of alkyl carbamates (subject to hydrolysis) is 1. The molecule has 1 rings (SSSR count). The van der Waals surface area contributed by atoms with Crippen molar-refractivity contribution in [3.63, 3.8) is 0 Å². The summed E-state index contributed by atoms with van der Waals surface area (Å²) in [6, 6.07) is 9.14. The second-order valence-electron chi connectivity index (χ2n) is 8.17. The lowest BCUT2D eigenvalue weighted by Gasteiger charge is -2.30. The number of hydrogen-bond donors (Lipinski definition) is 1. The van der Waals surface area contributed by atoms with Crippen LogP contribution in [0.2, 0.25) is 0 Å². The van der Waals surface area contributed by atoms with Crippen molar-refractivity contribution < 1.29 is 23.5 Å². The molecule has 0 aliphatic carbocycles. The first-order valence-corrected chi connectivity index (χ1v) is 8.44. The number of hydrogen-bond acceptors (Lipinski definition) is 4. The maximum absolute atomic E-state index is 12.2. The van der Waals surface area contributed by atoms with Gasteiger partial charge in [0.15, 0.2) is 0 Å². The van der Waals surface area contributed by atoms with Crippen molar-refractivity contribution in [1.82, 2.24) is 5.32 Å². The highest BCUT2D eigenvalue weighted by atomic mass is 16.6. The highest BCUT2D eigenvalue weighted by molar-refractivity contribution is 5.73. The molecule has 1 aromatic rings. The number of benzene rings is 1. The number of nitrogens with one attached hydrogen (secondary N) is 1. The van der Waals surface area contributed by atoms with Gasteiger partial charge >= 0.3 is 12.1 Å². The van der Waals surface area contributed by atoms with Gasteiger partial charge in [-0.25, -0.2) is 4.79 Å². The van der Waals surface area contributed by atoms with E-state index >= 15 is 0 Å². The fourth-order valence-corrected chi connectivity index (χ4v) is 2.29. The van der Waals surface area contributed by atoms with Gasteiger partial charge in [-0.1, -0.05) is 30.3 Å². The second-order valence-corrected chi connectivity index (χ2v) is 8.17. The summed E-state index contributed by atoms with van der Waals surface area (Å²) in [6.45, 7) is 6.21. The minimum Gasteiger partial charge on any atom is -0.461 e. The minimum absolute atomic E-state index is 0.0988. The Morgan fingerprint density at radius 1 is 1.12 bits per heavy atom. The molecular weight excluding hydrogens is 320 g/mol. The van der Waals surface area contributed by atoms with Crippen molar-refractivity contribution in [3.8, 4) is 0 Å². The lowest BCUT2D eigenvalue weighted by atomic mass is 10.2. The van der Waals surface area contributed by atoms with E-state index in [2.05, 4.69) is 5.32 Å². The molecule has 1 N–H and O–H groups in total. The van der Waals surface area contributed by atoms with Crippen molar-refractivity contribution >= 4 is 12.1 Å². The van der Waals surface area contributed by atoms with Gasteiger partial charge in [0, 0.05) is 0 Å². The summed E-state index contributed by atoms with van der Waals surface area (Å²) >= 11 is 0. The Hall–Kier alpha value is -2.08. The van der Waals surface area contributed by atoms with Gasteiger partial charge in [-0.2, -0.15) is 0 Å². The largest absolute Gasteiger partial charge is 0.461 e. The first kappa shape index (κ1) is 21.0. The van der Waals surface area contributed by atoms with E-state index in [0.29, 0.717) is 11.0 Å². The lowest BCUT2D eigenvalue weighted by Crippen LogP contribution is -2.50. The first-order valence-electron chi connectivity index (χ1n) is 8.44. The number of ether oxygens (including phenoxy) is 2. The Bertz CT molecular complexity index is 559. The zero-order valence-corrected chi connectivity index (χ0v) is 16.2. The molecule has 0 aliphatic rings. The molecule has 0 aromatic heterocycles. The van der Waals surface area contributed by atoms with Crippen molar-refractivity contribution in [3.05, 3.63) is 35.9 Å². The van der Waals surface area contributed by atoms with Crippen LogP contribution < -0.4 is 5.32 Å². The van der Waals surface area contributed by atoms with E-state index in [1.165, 1.54) is 0 Å². The van der Waals surface area contributed by atoms with Crippen LogP contribution in [-0.2, 0) is 20.9 Å². The lowest BCUT2D eigenvalue weighted by molar-refractivity contribution is -0.871. The van der Waals surface area contributed by atoms with Crippen molar-refractivity contribution in [2.75, 3.05) is 27.7 Å². The molecule has 0 radical (unpaired) electrons. The molecule has 1 atom stereocenters. The maximum atomic E-state index is 12.2. The topological polar surface area (TPSA) is 64.6 Å². The van der Waals surface area contributed by atoms with Crippen LogP contribution >= 0.6 is 0 Å². The molecule has 0 saturated heterocycles. The monoisotopic (exact) mass is 351 g/mol. The number of nitrogens with zero attached hydrogens (tertiary/aromatic N) is 1. The average molecular weight is 351 g/mol. The molecule has 6 nitrogen and oxygen atoms in total. The Kier molecular flexibility index (Phi) is 7.42. The van der Waals surface area contributed by atoms with Gasteiger partial charge < -0.3 is 19.3 Å². The maximum Gasteiger partial charge on any atom is 0.408 e. The quantitative estimate of drug-likeness (QED) is 0.606. The van der Waals surface area contributed by atoms with Gasteiger partial charge in [0.2, 0.25) is 0 Å². The Morgan fingerprint density at radius 2 is 1.72 bits per heavy atom. The normalized spacial score (nSPS) is 13.0. The molecular formula is C19H31N2O4+.